The minimum Gasteiger partial charge on any atom is -0.396 e. The van der Waals surface area contributed by atoms with Crippen LogP contribution in [0.1, 0.15) is 39.5 Å². The third kappa shape index (κ3) is 2.76. The molecule has 1 fully saturated rings. The average Bonchev–Trinajstić information content (AvgIpc) is 2.47. The van der Waals surface area contributed by atoms with Gasteiger partial charge in [-0.1, -0.05) is 6.92 Å². The summed E-state index contributed by atoms with van der Waals surface area (Å²) < 4.78 is 5.74. The fourth-order valence-corrected chi connectivity index (χ4v) is 1.85. The molecule has 1 aliphatic heterocycles. The Bertz CT molecular complexity index is 125. The molecule has 3 unspecified atom stereocenters. The van der Waals surface area contributed by atoms with Crippen molar-refractivity contribution in [1.29, 1.82) is 0 Å². The van der Waals surface area contributed by atoms with E-state index in [0.29, 0.717) is 24.7 Å². The first kappa shape index (κ1) is 10.0. The van der Waals surface area contributed by atoms with Gasteiger partial charge in [-0.05, 0) is 38.5 Å². The van der Waals surface area contributed by atoms with Crippen molar-refractivity contribution >= 4 is 0 Å². The van der Waals surface area contributed by atoms with E-state index in [1.165, 1.54) is 12.8 Å². The van der Waals surface area contributed by atoms with Crippen molar-refractivity contribution in [3.63, 3.8) is 0 Å². The molecular weight excluding hydrogens is 152 g/mol. The van der Waals surface area contributed by atoms with Gasteiger partial charge in [-0.2, -0.15) is 0 Å². The van der Waals surface area contributed by atoms with Crippen LogP contribution in [0.4, 0.5) is 0 Å². The predicted molar refractivity (Wildman–Crippen MR) is 49.1 cm³/mol. The summed E-state index contributed by atoms with van der Waals surface area (Å²) in [4.78, 5) is 0. The highest BCUT2D eigenvalue weighted by atomic mass is 16.5. The van der Waals surface area contributed by atoms with Crippen LogP contribution >= 0.6 is 0 Å². The topological polar surface area (TPSA) is 29.5 Å². The Balaban J connectivity index is 2.18. The normalized spacial score (nSPS) is 32.2. The summed E-state index contributed by atoms with van der Waals surface area (Å²) in [6.07, 6.45) is 5.31. The van der Waals surface area contributed by atoms with Crippen LogP contribution in [0, 0.1) is 5.92 Å². The van der Waals surface area contributed by atoms with E-state index in [1.807, 2.05) is 0 Å². The standard InChI is InChI=1S/C10H20O2/c1-8(4-3-7-11)10-6-5-9(2)12-10/h8-11H,3-7H2,1-2H3. The van der Waals surface area contributed by atoms with Gasteiger partial charge < -0.3 is 9.84 Å². The third-order valence-corrected chi connectivity index (χ3v) is 2.72. The largest absolute Gasteiger partial charge is 0.396 e. The molecule has 1 heterocycles. The van der Waals surface area contributed by atoms with E-state index in [9.17, 15) is 0 Å². The smallest absolute Gasteiger partial charge is 0.0605 e. The minimum absolute atomic E-state index is 0.312. The Hall–Kier alpha value is -0.0800. The van der Waals surface area contributed by atoms with Gasteiger partial charge in [0.2, 0.25) is 0 Å². The molecule has 0 aliphatic carbocycles. The summed E-state index contributed by atoms with van der Waals surface area (Å²) in [7, 11) is 0. The molecule has 72 valence electrons. The first-order valence-electron chi connectivity index (χ1n) is 5.00. The predicted octanol–water partition coefficient (Wildman–Crippen LogP) is 1.96. The molecule has 12 heavy (non-hydrogen) atoms. The molecule has 0 aromatic carbocycles. The van der Waals surface area contributed by atoms with E-state index in [-0.39, 0.29) is 0 Å². The monoisotopic (exact) mass is 172 g/mol. The van der Waals surface area contributed by atoms with Crippen LogP contribution in [0.15, 0.2) is 0 Å². The fraction of sp³-hybridized carbons (Fsp3) is 1.00. The van der Waals surface area contributed by atoms with Gasteiger partial charge in [0.05, 0.1) is 12.2 Å². The Morgan fingerprint density at radius 2 is 2.25 bits per heavy atom. The number of aliphatic hydroxyl groups is 1. The molecule has 0 saturated carbocycles. The van der Waals surface area contributed by atoms with Crippen LogP contribution in [0.2, 0.25) is 0 Å². The van der Waals surface area contributed by atoms with Crippen molar-refractivity contribution in [2.45, 2.75) is 51.7 Å². The molecule has 0 bridgehead atoms. The van der Waals surface area contributed by atoms with Crippen LogP contribution in [-0.4, -0.2) is 23.9 Å². The van der Waals surface area contributed by atoms with Crippen LogP contribution < -0.4 is 0 Å². The molecule has 2 nitrogen and oxygen atoms in total. The minimum atomic E-state index is 0.312. The summed E-state index contributed by atoms with van der Waals surface area (Å²) >= 11 is 0. The van der Waals surface area contributed by atoms with Crippen molar-refractivity contribution in [2.24, 2.45) is 5.92 Å². The summed E-state index contributed by atoms with van der Waals surface area (Å²) in [6, 6.07) is 0. The first-order chi connectivity index (χ1) is 5.74. The Labute approximate surface area is 74.9 Å². The lowest BCUT2D eigenvalue weighted by Gasteiger charge is -2.18. The molecular formula is C10H20O2. The second kappa shape index (κ2) is 4.83. The van der Waals surface area contributed by atoms with Gasteiger partial charge in [0.15, 0.2) is 0 Å². The zero-order valence-electron chi connectivity index (χ0n) is 8.12. The molecule has 0 spiro atoms. The molecule has 1 saturated heterocycles. The van der Waals surface area contributed by atoms with Gasteiger partial charge in [-0.15, -0.1) is 0 Å². The molecule has 1 aliphatic rings. The summed E-state index contributed by atoms with van der Waals surface area (Å²) in [6.45, 7) is 4.67. The quantitative estimate of drug-likeness (QED) is 0.702. The summed E-state index contributed by atoms with van der Waals surface area (Å²) in [5.41, 5.74) is 0. The zero-order chi connectivity index (χ0) is 8.97. The number of rotatable bonds is 4. The van der Waals surface area contributed by atoms with E-state index >= 15 is 0 Å². The Morgan fingerprint density at radius 3 is 2.75 bits per heavy atom. The van der Waals surface area contributed by atoms with Crippen LogP contribution in [-0.2, 0) is 4.74 Å². The molecule has 1 rings (SSSR count). The van der Waals surface area contributed by atoms with E-state index in [0.717, 1.165) is 12.8 Å². The van der Waals surface area contributed by atoms with E-state index in [4.69, 9.17) is 9.84 Å². The molecule has 1 N–H and O–H groups in total. The lowest BCUT2D eigenvalue weighted by Crippen LogP contribution is -2.18. The van der Waals surface area contributed by atoms with Crippen LogP contribution in [0.5, 0.6) is 0 Å². The number of hydrogen-bond donors (Lipinski definition) is 1. The highest BCUT2D eigenvalue weighted by molar-refractivity contribution is 4.75. The molecule has 0 radical (unpaired) electrons. The Kier molecular flexibility index (Phi) is 4.02. The zero-order valence-corrected chi connectivity index (χ0v) is 8.12. The van der Waals surface area contributed by atoms with Gasteiger partial charge >= 0.3 is 0 Å². The molecule has 0 aromatic rings. The van der Waals surface area contributed by atoms with Gasteiger partial charge in [0.25, 0.3) is 0 Å². The van der Waals surface area contributed by atoms with E-state index in [2.05, 4.69) is 13.8 Å². The number of aliphatic hydroxyl groups excluding tert-OH is 1. The maximum absolute atomic E-state index is 8.67. The van der Waals surface area contributed by atoms with Gasteiger partial charge in [-0.25, -0.2) is 0 Å². The first-order valence-corrected chi connectivity index (χ1v) is 5.00. The Morgan fingerprint density at radius 1 is 1.50 bits per heavy atom. The van der Waals surface area contributed by atoms with Crippen LogP contribution in [0.3, 0.4) is 0 Å². The second-order valence-corrected chi connectivity index (χ2v) is 3.91. The van der Waals surface area contributed by atoms with Crippen molar-refractivity contribution < 1.29 is 9.84 Å². The maximum atomic E-state index is 8.67. The van der Waals surface area contributed by atoms with Gasteiger partial charge in [0, 0.05) is 6.61 Å². The van der Waals surface area contributed by atoms with Gasteiger partial charge in [0.1, 0.15) is 0 Å². The lowest BCUT2D eigenvalue weighted by atomic mass is 9.97. The molecule has 0 amide bonds. The highest BCUT2D eigenvalue weighted by Crippen LogP contribution is 2.27. The molecule has 3 atom stereocenters. The maximum Gasteiger partial charge on any atom is 0.0605 e. The molecule has 0 aromatic heterocycles. The van der Waals surface area contributed by atoms with E-state index < -0.39 is 0 Å². The SMILES string of the molecule is CC1CCC(C(C)CCCO)O1. The van der Waals surface area contributed by atoms with Crippen molar-refractivity contribution in [3.05, 3.63) is 0 Å². The van der Waals surface area contributed by atoms with Gasteiger partial charge in [-0.3, -0.25) is 0 Å². The summed E-state index contributed by atoms with van der Waals surface area (Å²) in [5, 5.41) is 8.67. The number of hydrogen-bond acceptors (Lipinski definition) is 2. The summed E-state index contributed by atoms with van der Waals surface area (Å²) in [5.74, 6) is 0.613. The number of ether oxygens (including phenoxy) is 1. The van der Waals surface area contributed by atoms with Crippen molar-refractivity contribution in [3.8, 4) is 0 Å². The lowest BCUT2D eigenvalue weighted by molar-refractivity contribution is 0.0203. The highest BCUT2D eigenvalue weighted by Gasteiger charge is 2.26. The average molecular weight is 172 g/mol. The van der Waals surface area contributed by atoms with Crippen LogP contribution in [0.25, 0.3) is 0 Å². The second-order valence-electron chi connectivity index (χ2n) is 3.91. The van der Waals surface area contributed by atoms with Crippen molar-refractivity contribution in [1.82, 2.24) is 0 Å². The van der Waals surface area contributed by atoms with Crippen molar-refractivity contribution in [2.75, 3.05) is 6.61 Å². The molecule has 2 heteroatoms. The third-order valence-electron chi connectivity index (χ3n) is 2.72. The fourth-order valence-electron chi connectivity index (χ4n) is 1.85. The van der Waals surface area contributed by atoms with E-state index in [1.54, 1.807) is 0 Å².